The highest BCUT2D eigenvalue weighted by atomic mass is 35.5. The maximum absolute atomic E-state index is 12.3. The number of phenols is 1. The number of aromatic hydroxyl groups is 1. The average molecular weight is 369 g/mol. The van der Waals surface area contributed by atoms with Crippen molar-refractivity contribution in [3.05, 3.63) is 58.6 Å². The molecule has 1 amide bonds. The van der Waals surface area contributed by atoms with E-state index in [-0.39, 0.29) is 11.3 Å². The van der Waals surface area contributed by atoms with E-state index in [4.69, 9.17) is 11.6 Å². The smallest absolute Gasteiger partial charge is 0.255 e. The molecule has 2 aromatic rings. The van der Waals surface area contributed by atoms with Crippen LogP contribution in [0.15, 0.2) is 42.5 Å². The number of sulfonamides is 1. The second kappa shape index (κ2) is 7.11. The van der Waals surface area contributed by atoms with Gasteiger partial charge in [0.2, 0.25) is 10.0 Å². The normalized spacial score (nSPS) is 12.5. The third kappa shape index (κ3) is 4.87. The number of phenolic OH excluding ortho intramolecular Hbond substituents is 1. The molecule has 0 radical (unpaired) electrons. The van der Waals surface area contributed by atoms with Gasteiger partial charge >= 0.3 is 0 Å². The van der Waals surface area contributed by atoms with Gasteiger partial charge in [-0.05, 0) is 42.8 Å². The first kappa shape index (κ1) is 18.1. The summed E-state index contributed by atoms with van der Waals surface area (Å²) in [4.78, 5) is 12.3. The fourth-order valence-electron chi connectivity index (χ4n) is 2.13. The van der Waals surface area contributed by atoms with E-state index >= 15 is 0 Å². The van der Waals surface area contributed by atoms with Crippen molar-refractivity contribution in [2.45, 2.75) is 13.0 Å². The lowest BCUT2D eigenvalue weighted by Crippen LogP contribution is -2.26. The monoisotopic (exact) mass is 368 g/mol. The van der Waals surface area contributed by atoms with Gasteiger partial charge in [0.1, 0.15) is 5.75 Å². The van der Waals surface area contributed by atoms with Crippen molar-refractivity contribution in [3.8, 4) is 5.75 Å². The molecule has 2 rings (SSSR count). The van der Waals surface area contributed by atoms with Gasteiger partial charge in [0, 0.05) is 10.7 Å². The van der Waals surface area contributed by atoms with Gasteiger partial charge in [-0.1, -0.05) is 23.7 Å². The zero-order valence-electron chi connectivity index (χ0n) is 13.1. The highest BCUT2D eigenvalue weighted by molar-refractivity contribution is 7.92. The molecule has 128 valence electrons. The van der Waals surface area contributed by atoms with Crippen molar-refractivity contribution < 1.29 is 18.3 Å². The Balaban J connectivity index is 2.17. The Morgan fingerprint density at radius 3 is 2.58 bits per heavy atom. The molecule has 0 aliphatic heterocycles. The molecule has 8 heteroatoms. The van der Waals surface area contributed by atoms with Gasteiger partial charge < -0.3 is 10.4 Å². The second-order valence-corrected chi connectivity index (χ2v) is 7.54. The van der Waals surface area contributed by atoms with E-state index in [1.807, 2.05) is 0 Å². The molecule has 0 bridgehead atoms. The van der Waals surface area contributed by atoms with Crippen LogP contribution in [0, 0.1) is 0 Å². The first-order valence-corrected chi connectivity index (χ1v) is 9.30. The quantitative estimate of drug-likeness (QED) is 0.756. The number of hydrogen-bond acceptors (Lipinski definition) is 4. The Morgan fingerprint density at radius 2 is 1.92 bits per heavy atom. The molecule has 1 unspecified atom stereocenters. The van der Waals surface area contributed by atoms with Gasteiger partial charge in [-0.2, -0.15) is 0 Å². The fourth-order valence-corrected chi connectivity index (χ4v) is 2.86. The van der Waals surface area contributed by atoms with Crippen LogP contribution < -0.4 is 10.0 Å². The van der Waals surface area contributed by atoms with Crippen LogP contribution in [0.3, 0.4) is 0 Å². The molecule has 0 spiro atoms. The maximum Gasteiger partial charge on any atom is 0.255 e. The van der Waals surface area contributed by atoms with E-state index in [2.05, 4.69) is 10.0 Å². The van der Waals surface area contributed by atoms with Gasteiger partial charge in [-0.3, -0.25) is 9.52 Å². The number of nitrogens with one attached hydrogen (secondary N) is 2. The zero-order chi connectivity index (χ0) is 17.9. The Kier molecular flexibility index (Phi) is 5.36. The van der Waals surface area contributed by atoms with Crippen LogP contribution in [0.4, 0.5) is 5.69 Å². The van der Waals surface area contributed by atoms with Gasteiger partial charge in [0.15, 0.2) is 0 Å². The minimum absolute atomic E-state index is 0.0692. The van der Waals surface area contributed by atoms with Gasteiger partial charge in [0.25, 0.3) is 5.91 Å². The molecule has 6 nitrogen and oxygen atoms in total. The Bertz CT molecular complexity index is 868. The number of carbonyl (C=O) groups is 1. The van der Waals surface area contributed by atoms with Crippen molar-refractivity contribution in [3.63, 3.8) is 0 Å². The van der Waals surface area contributed by atoms with Crippen molar-refractivity contribution in [2.24, 2.45) is 0 Å². The van der Waals surface area contributed by atoms with E-state index in [0.29, 0.717) is 16.3 Å². The standard InChI is InChI=1S/C16H17ClN2O4S/c1-10(11-4-3-5-13(8-11)19-24(2,22)23)18-16(21)14-9-12(17)6-7-15(14)20/h3-10,19-20H,1-2H3,(H,18,21). The summed E-state index contributed by atoms with van der Waals surface area (Å²) in [6.45, 7) is 1.75. The topological polar surface area (TPSA) is 95.5 Å². The molecule has 0 fully saturated rings. The van der Waals surface area contributed by atoms with Crippen LogP contribution in [0.2, 0.25) is 5.02 Å². The summed E-state index contributed by atoms with van der Waals surface area (Å²) in [6.07, 6.45) is 1.06. The lowest BCUT2D eigenvalue weighted by molar-refractivity contribution is 0.0937. The summed E-state index contributed by atoms with van der Waals surface area (Å²) in [5.41, 5.74) is 1.18. The van der Waals surface area contributed by atoms with E-state index in [0.717, 1.165) is 6.26 Å². The summed E-state index contributed by atoms with van der Waals surface area (Å²) in [7, 11) is -3.38. The van der Waals surface area contributed by atoms with Gasteiger partial charge in [-0.15, -0.1) is 0 Å². The van der Waals surface area contributed by atoms with Crippen molar-refractivity contribution >= 4 is 33.2 Å². The third-order valence-corrected chi connectivity index (χ3v) is 4.08. The molecule has 0 saturated heterocycles. The zero-order valence-corrected chi connectivity index (χ0v) is 14.6. The molecule has 1 atom stereocenters. The maximum atomic E-state index is 12.3. The van der Waals surface area contributed by atoms with Gasteiger partial charge in [-0.25, -0.2) is 8.42 Å². The van der Waals surface area contributed by atoms with E-state index in [1.54, 1.807) is 31.2 Å². The minimum atomic E-state index is -3.38. The summed E-state index contributed by atoms with van der Waals surface area (Å²) >= 11 is 5.84. The second-order valence-electron chi connectivity index (χ2n) is 5.36. The molecular weight excluding hydrogens is 352 g/mol. The molecule has 24 heavy (non-hydrogen) atoms. The summed E-state index contributed by atoms with van der Waals surface area (Å²) in [6, 6.07) is 10.5. The lowest BCUT2D eigenvalue weighted by atomic mass is 10.1. The predicted molar refractivity (Wildman–Crippen MR) is 93.9 cm³/mol. The molecule has 3 N–H and O–H groups in total. The number of halogens is 1. The van der Waals surface area contributed by atoms with Crippen molar-refractivity contribution in [2.75, 3.05) is 11.0 Å². The van der Waals surface area contributed by atoms with Crippen LogP contribution in [-0.4, -0.2) is 25.7 Å². The Morgan fingerprint density at radius 1 is 1.21 bits per heavy atom. The lowest BCUT2D eigenvalue weighted by Gasteiger charge is -2.16. The van der Waals surface area contributed by atoms with Gasteiger partial charge in [0.05, 0.1) is 17.9 Å². The molecule has 0 aliphatic rings. The van der Waals surface area contributed by atoms with E-state index < -0.39 is 22.0 Å². The van der Waals surface area contributed by atoms with Crippen LogP contribution in [0.25, 0.3) is 0 Å². The predicted octanol–water partition coefficient (Wildman–Crippen LogP) is 2.91. The summed E-state index contributed by atoms with van der Waals surface area (Å²) in [5, 5.41) is 12.8. The fraction of sp³-hybridized carbons (Fsp3) is 0.188. The molecule has 0 heterocycles. The third-order valence-electron chi connectivity index (χ3n) is 3.24. The van der Waals surface area contributed by atoms with Crippen LogP contribution in [-0.2, 0) is 10.0 Å². The SMILES string of the molecule is CC(NC(=O)c1cc(Cl)ccc1O)c1cccc(NS(C)(=O)=O)c1. The number of rotatable bonds is 5. The molecule has 0 saturated carbocycles. The van der Waals surface area contributed by atoms with Crippen LogP contribution in [0.1, 0.15) is 28.9 Å². The van der Waals surface area contributed by atoms with Crippen molar-refractivity contribution in [1.29, 1.82) is 0 Å². The number of amides is 1. The largest absolute Gasteiger partial charge is 0.507 e. The molecule has 2 aromatic carbocycles. The minimum Gasteiger partial charge on any atom is -0.507 e. The van der Waals surface area contributed by atoms with Crippen molar-refractivity contribution in [1.82, 2.24) is 5.32 Å². The summed E-state index contributed by atoms with van der Waals surface area (Å²) in [5.74, 6) is -0.652. The number of anilines is 1. The van der Waals surface area contributed by atoms with Crippen LogP contribution in [0.5, 0.6) is 5.75 Å². The Labute approximate surface area is 145 Å². The van der Waals surface area contributed by atoms with E-state index in [9.17, 15) is 18.3 Å². The highest BCUT2D eigenvalue weighted by Gasteiger charge is 2.16. The number of hydrogen-bond donors (Lipinski definition) is 3. The molecular formula is C16H17ClN2O4S. The number of benzene rings is 2. The molecule has 0 aliphatic carbocycles. The Hall–Kier alpha value is -2.25. The summed E-state index contributed by atoms with van der Waals surface area (Å²) < 4.78 is 25.0. The van der Waals surface area contributed by atoms with E-state index in [1.165, 1.54) is 18.2 Å². The average Bonchev–Trinajstić information content (AvgIpc) is 2.48. The first-order valence-electron chi connectivity index (χ1n) is 7.03. The number of carbonyl (C=O) groups excluding carboxylic acids is 1. The first-order chi connectivity index (χ1) is 11.2. The molecule has 0 aromatic heterocycles. The van der Waals surface area contributed by atoms with Crippen LogP contribution >= 0.6 is 11.6 Å². The highest BCUT2D eigenvalue weighted by Crippen LogP contribution is 2.23.